The molecule has 19 heavy (non-hydrogen) atoms. The van der Waals surface area contributed by atoms with Crippen LogP contribution >= 0.6 is 0 Å². The molecule has 0 bridgehead atoms. The van der Waals surface area contributed by atoms with Gasteiger partial charge in [0.1, 0.15) is 5.75 Å². The van der Waals surface area contributed by atoms with Gasteiger partial charge in [-0.1, -0.05) is 24.6 Å². The molecule has 1 saturated carbocycles. The molecule has 0 aromatic heterocycles. The van der Waals surface area contributed by atoms with Gasteiger partial charge in [-0.05, 0) is 36.8 Å². The lowest BCUT2D eigenvalue weighted by Gasteiger charge is -2.28. The molecule has 0 spiro atoms. The van der Waals surface area contributed by atoms with Crippen molar-refractivity contribution in [1.29, 1.82) is 0 Å². The number of fused-ring (bicyclic) bond motifs is 1. The van der Waals surface area contributed by atoms with Crippen LogP contribution in [0.4, 0.5) is 0 Å². The molecule has 1 aliphatic carbocycles. The van der Waals surface area contributed by atoms with Gasteiger partial charge in [0.2, 0.25) is 0 Å². The molecule has 0 saturated heterocycles. The minimum Gasteiger partial charge on any atom is -0.493 e. The quantitative estimate of drug-likeness (QED) is 0.874. The first-order valence-corrected chi connectivity index (χ1v) is 7.44. The largest absolute Gasteiger partial charge is 0.493 e. The first kappa shape index (κ1) is 12.9. The van der Waals surface area contributed by atoms with E-state index in [-0.39, 0.29) is 0 Å². The molecule has 2 aliphatic rings. The Kier molecular flexibility index (Phi) is 4.04. The summed E-state index contributed by atoms with van der Waals surface area (Å²) < 4.78 is 5.70. The lowest BCUT2D eigenvalue weighted by Crippen LogP contribution is -2.37. The molecule has 1 aliphatic heterocycles. The summed E-state index contributed by atoms with van der Waals surface area (Å²) in [6, 6.07) is 8.87. The standard InChI is InChI=1S/C16H23NO2/c18-11-13-4-3-6-15(13)17-10-12-8-9-19-16-7-2-1-5-14(12)16/h1-2,5,7,12-13,15,17-18H,3-4,6,8-11H2. The molecule has 1 aromatic rings. The Morgan fingerprint density at radius 3 is 3.00 bits per heavy atom. The van der Waals surface area contributed by atoms with Crippen LogP contribution < -0.4 is 10.1 Å². The lowest BCUT2D eigenvalue weighted by molar-refractivity contribution is 0.201. The van der Waals surface area contributed by atoms with Crippen LogP contribution in [0, 0.1) is 5.92 Å². The normalized spacial score (nSPS) is 29.8. The summed E-state index contributed by atoms with van der Waals surface area (Å²) in [7, 11) is 0. The predicted molar refractivity (Wildman–Crippen MR) is 75.5 cm³/mol. The van der Waals surface area contributed by atoms with Crippen molar-refractivity contribution in [3.63, 3.8) is 0 Å². The maximum absolute atomic E-state index is 9.37. The van der Waals surface area contributed by atoms with Gasteiger partial charge in [-0.15, -0.1) is 0 Å². The number of para-hydroxylation sites is 1. The van der Waals surface area contributed by atoms with E-state index in [1.165, 1.54) is 24.8 Å². The van der Waals surface area contributed by atoms with Crippen LogP contribution in [-0.4, -0.2) is 30.9 Å². The summed E-state index contributed by atoms with van der Waals surface area (Å²) in [6.45, 7) is 2.14. The SMILES string of the molecule is OCC1CCCC1NCC1CCOc2ccccc21. The summed E-state index contributed by atoms with van der Waals surface area (Å²) >= 11 is 0. The van der Waals surface area contributed by atoms with E-state index in [1.54, 1.807) is 0 Å². The summed E-state index contributed by atoms with van der Waals surface area (Å²) in [5, 5.41) is 13.0. The summed E-state index contributed by atoms with van der Waals surface area (Å²) in [5.74, 6) is 2.05. The van der Waals surface area contributed by atoms with Crippen molar-refractivity contribution in [3.8, 4) is 5.75 Å². The van der Waals surface area contributed by atoms with Gasteiger partial charge in [-0.25, -0.2) is 0 Å². The molecule has 3 heteroatoms. The third-order valence-corrected chi connectivity index (χ3v) is 4.60. The average molecular weight is 261 g/mol. The Bertz CT molecular complexity index is 421. The van der Waals surface area contributed by atoms with E-state index in [2.05, 4.69) is 23.5 Å². The highest BCUT2D eigenvalue weighted by Crippen LogP contribution is 2.33. The van der Waals surface area contributed by atoms with Crippen LogP contribution in [0.25, 0.3) is 0 Å². The second-order valence-electron chi connectivity index (χ2n) is 5.76. The summed E-state index contributed by atoms with van der Waals surface area (Å²) in [4.78, 5) is 0. The highest BCUT2D eigenvalue weighted by molar-refractivity contribution is 5.37. The molecule has 3 nitrogen and oxygen atoms in total. The number of aliphatic hydroxyl groups is 1. The Balaban J connectivity index is 1.62. The van der Waals surface area contributed by atoms with E-state index < -0.39 is 0 Å². The molecule has 0 amide bonds. The van der Waals surface area contributed by atoms with Crippen LogP contribution in [0.3, 0.4) is 0 Å². The minimum absolute atomic E-state index is 0.321. The third kappa shape index (κ3) is 2.77. The van der Waals surface area contributed by atoms with Crippen LogP contribution in [0.5, 0.6) is 5.75 Å². The second-order valence-corrected chi connectivity index (χ2v) is 5.76. The molecule has 3 unspecified atom stereocenters. The first-order chi connectivity index (χ1) is 9.38. The van der Waals surface area contributed by atoms with Gasteiger partial charge in [-0.3, -0.25) is 0 Å². The molecule has 1 aromatic carbocycles. The van der Waals surface area contributed by atoms with Gasteiger partial charge < -0.3 is 15.2 Å². The number of ether oxygens (including phenoxy) is 1. The molecule has 1 heterocycles. The number of aliphatic hydroxyl groups excluding tert-OH is 1. The molecular weight excluding hydrogens is 238 g/mol. The number of hydrogen-bond donors (Lipinski definition) is 2. The molecule has 1 fully saturated rings. The van der Waals surface area contributed by atoms with E-state index in [0.29, 0.717) is 24.5 Å². The number of hydrogen-bond acceptors (Lipinski definition) is 3. The van der Waals surface area contributed by atoms with E-state index in [0.717, 1.165) is 25.3 Å². The molecule has 2 N–H and O–H groups in total. The zero-order chi connectivity index (χ0) is 13.1. The number of rotatable bonds is 4. The van der Waals surface area contributed by atoms with Crippen molar-refractivity contribution < 1.29 is 9.84 Å². The molecule has 0 radical (unpaired) electrons. The first-order valence-electron chi connectivity index (χ1n) is 7.44. The minimum atomic E-state index is 0.321. The number of benzene rings is 1. The van der Waals surface area contributed by atoms with Gasteiger partial charge in [0.25, 0.3) is 0 Å². The molecule has 3 atom stereocenters. The lowest BCUT2D eigenvalue weighted by atomic mass is 9.92. The van der Waals surface area contributed by atoms with E-state index in [1.807, 2.05) is 6.07 Å². The molecule has 104 valence electrons. The third-order valence-electron chi connectivity index (χ3n) is 4.60. The van der Waals surface area contributed by atoms with Crippen LogP contribution in [0.15, 0.2) is 24.3 Å². The fourth-order valence-electron chi connectivity index (χ4n) is 3.45. The Morgan fingerprint density at radius 2 is 2.11 bits per heavy atom. The summed E-state index contributed by atoms with van der Waals surface area (Å²) in [6.07, 6.45) is 4.70. The molecule has 3 rings (SSSR count). The van der Waals surface area contributed by atoms with Gasteiger partial charge in [-0.2, -0.15) is 0 Å². The highest BCUT2D eigenvalue weighted by Gasteiger charge is 2.28. The van der Waals surface area contributed by atoms with E-state index in [9.17, 15) is 5.11 Å². The summed E-state index contributed by atoms with van der Waals surface area (Å²) in [5.41, 5.74) is 1.33. The van der Waals surface area contributed by atoms with Crippen molar-refractivity contribution in [3.05, 3.63) is 29.8 Å². The van der Waals surface area contributed by atoms with Crippen LogP contribution in [-0.2, 0) is 0 Å². The van der Waals surface area contributed by atoms with Crippen LogP contribution in [0.2, 0.25) is 0 Å². The predicted octanol–water partition coefficient (Wildman–Crippen LogP) is 2.30. The number of nitrogens with one attached hydrogen (secondary N) is 1. The maximum atomic E-state index is 9.37. The van der Waals surface area contributed by atoms with Crippen molar-refractivity contribution in [2.45, 2.75) is 37.6 Å². The smallest absolute Gasteiger partial charge is 0.122 e. The molecular formula is C16H23NO2. The highest BCUT2D eigenvalue weighted by atomic mass is 16.5. The zero-order valence-corrected chi connectivity index (χ0v) is 11.3. The fourth-order valence-corrected chi connectivity index (χ4v) is 3.45. The second kappa shape index (κ2) is 5.93. The van der Waals surface area contributed by atoms with Gasteiger partial charge in [0.15, 0.2) is 0 Å². The van der Waals surface area contributed by atoms with Crippen molar-refractivity contribution in [1.82, 2.24) is 5.32 Å². The Labute approximate surface area is 115 Å². The van der Waals surface area contributed by atoms with Crippen molar-refractivity contribution in [2.75, 3.05) is 19.8 Å². The van der Waals surface area contributed by atoms with E-state index in [4.69, 9.17) is 4.74 Å². The van der Waals surface area contributed by atoms with Gasteiger partial charge >= 0.3 is 0 Å². The topological polar surface area (TPSA) is 41.5 Å². The maximum Gasteiger partial charge on any atom is 0.122 e. The average Bonchev–Trinajstić information content (AvgIpc) is 2.92. The zero-order valence-electron chi connectivity index (χ0n) is 11.3. The monoisotopic (exact) mass is 261 g/mol. The fraction of sp³-hybridized carbons (Fsp3) is 0.625. The van der Waals surface area contributed by atoms with Gasteiger partial charge in [0.05, 0.1) is 6.61 Å². The Hall–Kier alpha value is -1.06. The van der Waals surface area contributed by atoms with Crippen molar-refractivity contribution >= 4 is 0 Å². The van der Waals surface area contributed by atoms with Crippen molar-refractivity contribution in [2.24, 2.45) is 5.92 Å². The van der Waals surface area contributed by atoms with E-state index >= 15 is 0 Å². The Morgan fingerprint density at radius 1 is 1.21 bits per heavy atom. The van der Waals surface area contributed by atoms with Gasteiger partial charge in [0, 0.05) is 25.1 Å². The van der Waals surface area contributed by atoms with Crippen LogP contribution in [0.1, 0.15) is 37.2 Å².